The van der Waals surface area contributed by atoms with Crippen molar-refractivity contribution in [2.24, 2.45) is 0 Å². The Kier molecular flexibility index (Phi) is 10.8. The van der Waals surface area contributed by atoms with Gasteiger partial charge in [0.05, 0.1) is 33.3 Å². The zero-order valence-electron chi connectivity index (χ0n) is 22.0. The minimum Gasteiger partial charge on any atom is -0.438 e. The summed E-state index contributed by atoms with van der Waals surface area (Å²) in [6, 6.07) is 0.326. The summed E-state index contributed by atoms with van der Waals surface area (Å²) in [5.74, 6) is 0.599. The van der Waals surface area contributed by atoms with E-state index in [9.17, 15) is 14.2 Å². The van der Waals surface area contributed by atoms with Crippen LogP contribution in [0.25, 0.3) is 11.2 Å². The zero-order valence-corrected chi connectivity index (χ0v) is 23.6. The zero-order chi connectivity index (χ0) is 28.5. The van der Waals surface area contributed by atoms with Gasteiger partial charge < -0.3 is 33.7 Å². The molecule has 2 fully saturated rings. The van der Waals surface area contributed by atoms with Gasteiger partial charge in [-0.2, -0.15) is 9.97 Å². The monoisotopic (exact) mass is 607 g/mol. The largest absolute Gasteiger partial charge is 0.510 e. The minimum absolute atomic E-state index is 0.0415. The number of rotatable bonds is 13. The molecule has 222 valence electrons. The fourth-order valence-electron chi connectivity index (χ4n) is 4.31. The van der Waals surface area contributed by atoms with Crippen LogP contribution < -0.4 is 5.32 Å². The molecule has 0 radical (unpaired) electrons. The topological polar surface area (TPSA) is 181 Å². The third-order valence-electron chi connectivity index (χ3n) is 6.22. The summed E-state index contributed by atoms with van der Waals surface area (Å²) in [6.45, 7) is -1.45. The van der Waals surface area contributed by atoms with Crippen molar-refractivity contribution in [3.63, 3.8) is 0 Å². The maximum absolute atomic E-state index is 13.0. The third-order valence-corrected chi connectivity index (χ3v) is 7.89. The van der Waals surface area contributed by atoms with Gasteiger partial charge in [0.2, 0.25) is 18.9 Å². The highest BCUT2D eigenvalue weighted by Gasteiger charge is 2.32. The number of halogens is 1. The van der Waals surface area contributed by atoms with Crippen molar-refractivity contribution >= 4 is 48.5 Å². The van der Waals surface area contributed by atoms with Crippen LogP contribution in [0, 0.1) is 0 Å². The summed E-state index contributed by atoms with van der Waals surface area (Å²) < 4.78 is 54.4. The number of methoxy groups -OCH3 is 2. The molecule has 18 heteroatoms. The van der Waals surface area contributed by atoms with Gasteiger partial charge in [0.25, 0.3) is 0 Å². The lowest BCUT2D eigenvalue weighted by Gasteiger charge is -2.19. The first kappa shape index (κ1) is 30.2. The number of hydrogen-bond donors (Lipinski definition) is 1. The van der Waals surface area contributed by atoms with Crippen LogP contribution in [0.3, 0.4) is 0 Å². The number of nitrogens with one attached hydrogen (secondary N) is 1. The van der Waals surface area contributed by atoms with Gasteiger partial charge in [-0.3, -0.25) is 18.2 Å². The molecular weight excluding hydrogens is 577 g/mol. The second-order valence-corrected chi connectivity index (χ2v) is 11.2. The summed E-state index contributed by atoms with van der Waals surface area (Å²) in [4.78, 5) is 35.5. The molecule has 1 aliphatic heterocycles. The predicted molar refractivity (Wildman–Crippen MR) is 137 cm³/mol. The van der Waals surface area contributed by atoms with E-state index in [1.54, 1.807) is 10.9 Å². The van der Waals surface area contributed by atoms with Crippen LogP contribution >= 0.6 is 19.2 Å². The molecule has 1 saturated heterocycles. The average molecular weight is 608 g/mol. The van der Waals surface area contributed by atoms with Gasteiger partial charge in [-0.15, -0.1) is 0 Å². The van der Waals surface area contributed by atoms with Crippen molar-refractivity contribution < 1.29 is 51.6 Å². The van der Waals surface area contributed by atoms with Crippen LogP contribution in [0.15, 0.2) is 6.33 Å². The van der Waals surface area contributed by atoms with Gasteiger partial charge in [-0.1, -0.05) is 12.8 Å². The molecule has 4 rings (SSSR count). The van der Waals surface area contributed by atoms with E-state index in [2.05, 4.69) is 39.2 Å². The maximum Gasteiger partial charge on any atom is 0.510 e. The SMILES string of the molecule is COC(=O)OCOP(=O)(COCC1CCC(n2cnc3c(NC4CCCC4)nc(Cl)nc32)O1)OCOC(=O)OC. The summed E-state index contributed by atoms with van der Waals surface area (Å²) in [5, 5.41) is 3.54. The molecule has 0 amide bonds. The van der Waals surface area contributed by atoms with E-state index in [-0.39, 0.29) is 24.2 Å². The summed E-state index contributed by atoms with van der Waals surface area (Å²) in [5.41, 5.74) is 1.16. The fraction of sp³-hybridized carbons (Fsp3) is 0.682. The van der Waals surface area contributed by atoms with E-state index in [0.29, 0.717) is 35.9 Å². The predicted octanol–water partition coefficient (Wildman–Crippen LogP) is 4.19. The Bertz CT molecular complexity index is 1190. The molecule has 40 heavy (non-hydrogen) atoms. The summed E-state index contributed by atoms with van der Waals surface area (Å²) in [6.07, 6.45) is 3.98. The number of nitrogens with zero attached hydrogens (tertiary/aromatic N) is 4. The minimum atomic E-state index is -4.03. The molecule has 2 aliphatic rings. The normalized spacial score (nSPS) is 19.6. The van der Waals surface area contributed by atoms with E-state index in [1.165, 1.54) is 12.8 Å². The number of imidazole rings is 1. The van der Waals surface area contributed by atoms with Crippen molar-refractivity contribution in [2.75, 3.05) is 46.1 Å². The number of anilines is 1. The van der Waals surface area contributed by atoms with Gasteiger partial charge >= 0.3 is 19.9 Å². The number of carbonyl (C=O) groups is 2. The Balaban J connectivity index is 1.32. The Morgan fingerprint density at radius 3 is 2.40 bits per heavy atom. The smallest absolute Gasteiger partial charge is 0.438 e. The number of aromatic nitrogens is 4. The first-order valence-corrected chi connectivity index (χ1v) is 14.6. The Morgan fingerprint density at radius 1 is 1.07 bits per heavy atom. The highest BCUT2D eigenvalue weighted by atomic mass is 35.5. The van der Waals surface area contributed by atoms with Gasteiger partial charge in [-0.25, -0.2) is 14.6 Å². The van der Waals surface area contributed by atoms with E-state index in [1.807, 2.05) is 0 Å². The lowest BCUT2D eigenvalue weighted by atomic mass is 10.2. The molecule has 0 spiro atoms. The van der Waals surface area contributed by atoms with Gasteiger partial charge in [0.1, 0.15) is 12.6 Å². The van der Waals surface area contributed by atoms with E-state index in [0.717, 1.165) is 27.1 Å². The lowest BCUT2D eigenvalue weighted by Crippen LogP contribution is -2.19. The molecule has 2 unspecified atom stereocenters. The van der Waals surface area contributed by atoms with Crippen molar-refractivity contribution in [1.82, 2.24) is 19.5 Å². The quantitative estimate of drug-likeness (QED) is 0.148. The van der Waals surface area contributed by atoms with Crippen molar-refractivity contribution in [2.45, 2.75) is 56.9 Å². The van der Waals surface area contributed by atoms with Crippen LogP contribution in [0.4, 0.5) is 15.4 Å². The van der Waals surface area contributed by atoms with Crippen molar-refractivity contribution in [3.8, 4) is 0 Å². The van der Waals surface area contributed by atoms with Gasteiger partial charge in [0.15, 0.2) is 17.0 Å². The highest BCUT2D eigenvalue weighted by Crippen LogP contribution is 2.48. The van der Waals surface area contributed by atoms with Crippen LogP contribution in [0.5, 0.6) is 0 Å². The Morgan fingerprint density at radius 2 is 1.75 bits per heavy atom. The highest BCUT2D eigenvalue weighted by molar-refractivity contribution is 7.53. The number of ether oxygens (including phenoxy) is 6. The van der Waals surface area contributed by atoms with Gasteiger partial charge in [0, 0.05) is 6.04 Å². The molecule has 1 N–H and O–H groups in total. The standard InChI is InChI=1S/C22H31ClN5O11P/c1-32-21(29)35-11-37-40(31,38-12-36-22(30)33-2)13-34-9-15-7-8-16(39-15)28-10-24-17-18(25-14-5-3-4-6-14)26-20(23)27-19(17)28/h10,14-16H,3-9,11-13H2,1-2H3,(H,25,26,27). The maximum atomic E-state index is 13.0. The van der Waals surface area contributed by atoms with E-state index < -0.39 is 39.8 Å². The molecule has 2 aromatic heterocycles. The second-order valence-electron chi connectivity index (χ2n) is 8.88. The van der Waals surface area contributed by atoms with Crippen molar-refractivity contribution in [3.05, 3.63) is 11.6 Å². The van der Waals surface area contributed by atoms with Gasteiger partial charge in [-0.05, 0) is 37.3 Å². The summed E-state index contributed by atoms with van der Waals surface area (Å²) in [7, 11) is -1.83. The molecule has 0 aromatic carbocycles. The molecule has 1 saturated carbocycles. The average Bonchev–Trinajstić information content (AvgIpc) is 3.70. The first-order chi connectivity index (χ1) is 19.3. The van der Waals surface area contributed by atoms with E-state index >= 15 is 0 Å². The number of fused-ring (bicyclic) bond motifs is 1. The summed E-state index contributed by atoms with van der Waals surface area (Å²) >= 11 is 6.22. The van der Waals surface area contributed by atoms with Crippen LogP contribution in [0.2, 0.25) is 5.28 Å². The van der Waals surface area contributed by atoms with Crippen LogP contribution in [-0.4, -0.2) is 84.7 Å². The molecule has 1 aliphatic carbocycles. The first-order valence-electron chi connectivity index (χ1n) is 12.5. The molecule has 0 bridgehead atoms. The van der Waals surface area contributed by atoms with Crippen LogP contribution in [0.1, 0.15) is 44.8 Å². The lowest BCUT2D eigenvalue weighted by molar-refractivity contribution is -0.0422. The second kappa shape index (κ2) is 14.2. The molecule has 3 heterocycles. The third kappa shape index (κ3) is 8.15. The number of hydrogen-bond acceptors (Lipinski definition) is 15. The molecule has 2 aromatic rings. The number of carbonyl (C=O) groups excluding carboxylic acids is 2. The van der Waals surface area contributed by atoms with Crippen LogP contribution in [-0.2, 0) is 42.0 Å². The Labute approximate surface area is 234 Å². The molecular formula is C22H31ClN5O11P. The molecule has 16 nitrogen and oxygen atoms in total. The fourth-order valence-corrected chi connectivity index (χ4v) is 5.46. The van der Waals surface area contributed by atoms with Crippen molar-refractivity contribution in [1.29, 1.82) is 0 Å². The Hall–Kier alpha value is -2.75. The van der Waals surface area contributed by atoms with E-state index in [4.69, 9.17) is 30.1 Å². The molecule has 2 atom stereocenters.